The van der Waals surface area contributed by atoms with Crippen LogP contribution in [0.3, 0.4) is 0 Å². The van der Waals surface area contributed by atoms with Crippen molar-refractivity contribution in [2.24, 2.45) is 5.92 Å². The fraction of sp³-hybridized carbons (Fsp3) is 0.643. The Hall–Kier alpha value is -1.05. The molecule has 1 amide bonds. The molecule has 0 radical (unpaired) electrons. The lowest BCUT2D eigenvalue weighted by molar-refractivity contribution is -0.129. The smallest absolute Gasteiger partial charge is 0.229 e. The molecule has 0 spiro atoms. The molecule has 1 saturated heterocycles. The zero-order valence-corrected chi connectivity index (χ0v) is 10.6. The Morgan fingerprint density at radius 2 is 2.12 bits per heavy atom. The van der Waals surface area contributed by atoms with Crippen LogP contribution in [-0.2, 0) is 4.79 Å². The second-order valence-electron chi connectivity index (χ2n) is 4.93. The van der Waals surface area contributed by atoms with Gasteiger partial charge in [-0.15, -0.1) is 6.58 Å². The lowest BCUT2D eigenvalue weighted by atomic mass is 10.1. The largest absolute Gasteiger partial charge is 0.317 e. The average Bonchev–Trinajstić information content (AvgIpc) is 2.43. The van der Waals surface area contributed by atoms with Crippen molar-refractivity contribution in [1.29, 1.82) is 0 Å². The van der Waals surface area contributed by atoms with Crippen molar-refractivity contribution < 1.29 is 4.79 Å². The van der Waals surface area contributed by atoms with Crippen LogP contribution in [0.5, 0.6) is 0 Å². The van der Waals surface area contributed by atoms with Gasteiger partial charge < -0.3 is 4.90 Å². The summed E-state index contributed by atoms with van der Waals surface area (Å²) in [7, 11) is 0. The summed E-state index contributed by atoms with van der Waals surface area (Å²) in [6.07, 6.45) is 5.36. The number of carbonyl (C=O) groups is 1. The van der Waals surface area contributed by atoms with Crippen molar-refractivity contribution in [3.05, 3.63) is 24.4 Å². The van der Waals surface area contributed by atoms with Crippen LogP contribution >= 0.6 is 0 Å². The predicted molar refractivity (Wildman–Crippen MR) is 67.9 cm³/mol. The number of likely N-dealkylation sites (tertiary alicyclic amines) is 1. The molecule has 0 aromatic rings. The summed E-state index contributed by atoms with van der Waals surface area (Å²) in [6, 6.07) is 0. The molecule has 1 rings (SSSR count). The Labute approximate surface area is 99.0 Å². The Morgan fingerprint density at radius 3 is 2.62 bits per heavy atom. The van der Waals surface area contributed by atoms with Gasteiger partial charge >= 0.3 is 0 Å². The summed E-state index contributed by atoms with van der Waals surface area (Å²) >= 11 is 0. The van der Waals surface area contributed by atoms with Crippen LogP contribution in [0.15, 0.2) is 24.4 Å². The normalized spacial score (nSPS) is 20.6. The number of hydrogen-bond donors (Lipinski definition) is 0. The van der Waals surface area contributed by atoms with Gasteiger partial charge in [-0.2, -0.15) is 0 Å². The molecule has 0 bridgehead atoms. The summed E-state index contributed by atoms with van der Waals surface area (Å²) in [5.41, 5.74) is 2.24. The first kappa shape index (κ1) is 13.0. The zero-order valence-electron chi connectivity index (χ0n) is 10.6. The molecule has 1 unspecified atom stereocenters. The fourth-order valence-corrected chi connectivity index (χ4v) is 2.11. The molecule has 90 valence electrons. The van der Waals surface area contributed by atoms with Crippen molar-refractivity contribution >= 4 is 5.91 Å². The molecular formula is C14H23NO. The van der Waals surface area contributed by atoms with Gasteiger partial charge in [-0.05, 0) is 32.6 Å². The lowest BCUT2D eigenvalue weighted by Crippen LogP contribution is -2.26. The average molecular weight is 221 g/mol. The topological polar surface area (TPSA) is 20.3 Å². The van der Waals surface area contributed by atoms with Gasteiger partial charge in [0.05, 0.1) is 0 Å². The lowest BCUT2D eigenvalue weighted by Gasteiger charge is -2.17. The van der Waals surface area contributed by atoms with Gasteiger partial charge in [0.2, 0.25) is 5.91 Å². The molecule has 0 saturated carbocycles. The van der Waals surface area contributed by atoms with E-state index in [-0.39, 0.29) is 11.8 Å². The van der Waals surface area contributed by atoms with Crippen LogP contribution in [0.1, 0.15) is 46.0 Å². The maximum atomic E-state index is 11.7. The van der Waals surface area contributed by atoms with E-state index in [1.54, 1.807) is 0 Å². The summed E-state index contributed by atoms with van der Waals surface area (Å²) in [6.45, 7) is 12.7. The van der Waals surface area contributed by atoms with E-state index in [0.29, 0.717) is 0 Å². The quantitative estimate of drug-likeness (QED) is 0.496. The minimum absolute atomic E-state index is 0.142. The minimum Gasteiger partial charge on any atom is -0.317 e. The third-order valence-electron chi connectivity index (χ3n) is 3.10. The molecule has 1 atom stereocenters. The number of nitrogens with zero attached hydrogens (tertiary/aromatic N) is 1. The van der Waals surface area contributed by atoms with Gasteiger partial charge in [0, 0.05) is 18.2 Å². The minimum atomic E-state index is 0.142. The Bertz CT molecular complexity index is 293. The molecule has 0 N–H and O–H groups in total. The second kappa shape index (κ2) is 5.88. The first-order chi connectivity index (χ1) is 7.52. The summed E-state index contributed by atoms with van der Waals surface area (Å²) in [5, 5.41) is 0. The van der Waals surface area contributed by atoms with Crippen molar-refractivity contribution in [2.45, 2.75) is 46.0 Å². The molecule has 2 heteroatoms. The predicted octanol–water partition coefficient (Wildman–Crippen LogP) is 3.51. The number of hydrogen-bond acceptors (Lipinski definition) is 1. The maximum absolute atomic E-state index is 11.7. The van der Waals surface area contributed by atoms with Gasteiger partial charge in [-0.25, -0.2) is 0 Å². The number of amides is 1. The van der Waals surface area contributed by atoms with E-state index in [4.69, 9.17) is 0 Å². The van der Waals surface area contributed by atoms with E-state index in [9.17, 15) is 4.79 Å². The van der Waals surface area contributed by atoms with E-state index in [1.807, 2.05) is 11.8 Å². The Kier molecular flexibility index (Phi) is 4.78. The molecule has 1 heterocycles. The van der Waals surface area contributed by atoms with Crippen LogP contribution in [0, 0.1) is 5.92 Å². The van der Waals surface area contributed by atoms with E-state index >= 15 is 0 Å². The van der Waals surface area contributed by atoms with Gasteiger partial charge in [-0.3, -0.25) is 4.79 Å². The molecule has 0 aromatic heterocycles. The van der Waals surface area contributed by atoms with E-state index < -0.39 is 0 Å². The molecule has 1 fully saturated rings. The van der Waals surface area contributed by atoms with Crippen LogP contribution in [0.4, 0.5) is 0 Å². The third kappa shape index (κ3) is 3.51. The molecule has 0 aromatic carbocycles. The highest BCUT2D eigenvalue weighted by molar-refractivity contribution is 5.83. The standard InChI is InChI=1S/C14H23NO/c1-11(2)8-6-5-7-9-15-13(4)10-12(3)14(15)16/h12H,1,4-10H2,2-3H3. The summed E-state index contributed by atoms with van der Waals surface area (Å²) < 4.78 is 0. The van der Waals surface area contributed by atoms with Gasteiger partial charge in [-0.1, -0.05) is 25.5 Å². The second-order valence-corrected chi connectivity index (χ2v) is 4.93. The van der Waals surface area contributed by atoms with Gasteiger partial charge in [0.15, 0.2) is 0 Å². The Morgan fingerprint density at radius 1 is 1.44 bits per heavy atom. The van der Waals surface area contributed by atoms with E-state index in [1.165, 1.54) is 12.0 Å². The number of carbonyl (C=O) groups excluding carboxylic acids is 1. The molecule has 16 heavy (non-hydrogen) atoms. The highest BCUT2D eigenvalue weighted by Gasteiger charge is 2.30. The Balaban J connectivity index is 2.20. The van der Waals surface area contributed by atoms with Crippen molar-refractivity contribution in [2.75, 3.05) is 6.54 Å². The molecule has 2 nitrogen and oxygen atoms in total. The third-order valence-corrected chi connectivity index (χ3v) is 3.10. The zero-order chi connectivity index (χ0) is 12.1. The van der Waals surface area contributed by atoms with Crippen molar-refractivity contribution in [3.8, 4) is 0 Å². The van der Waals surface area contributed by atoms with Gasteiger partial charge in [0.1, 0.15) is 0 Å². The number of allylic oxidation sites excluding steroid dienone is 2. The van der Waals surface area contributed by atoms with E-state index in [2.05, 4.69) is 20.1 Å². The summed E-state index contributed by atoms with van der Waals surface area (Å²) in [5.74, 6) is 0.396. The molecule has 0 aliphatic carbocycles. The van der Waals surface area contributed by atoms with Crippen LogP contribution in [-0.4, -0.2) is 17.4 Å². The number of rotatable bonds is 6. The van der Waals surface area contributed by atoms with Crippen LogP contribution in [0.25, 0.3) is 0 Å². The highest BCUT2D eigenvalue weighted by Crippen LogP contribution is 2.26. The van der Waals surface area contributed by atoms with Gasteiger partial charge in [0.25, 0.3) is 0 Å². The van der Waals surface area contributed by atoms with E-state index in [0.717, 1.165) is 37.9 Å². The highest BCUT2D eigenvalue weighted by atomic mass is 16.2. The molecular weight excluding hydrogens is 198 g/mol. The summed E-state index contributed by atoms with van der Waals surface area (Å²) in [4.78, 5) is 13.6. The first-order valence-electron chi connectivity index (χ1n) is 6.16. The van der Waals surface area contributed by atoms with Crippen molar-refractivity contribution in [1.82, 2.24) is 4.90 Å². The molecule has 1 aliphatic rings. The molecule has 1 aliphatic heterocycles. The first-order valence-corrected chi connectivity index (χ1v) is 6.16. The fourth-order valence-electron chi connectivity index (χ4n) is 2.11. The van der Waals surface area contributed by atoms with Crippen LogP contribution in [0.2, 0.25) is 0 Å². The van der Waals surface area contributed by atoms with Crippen molar-refractivity contribution in [3.63, 3.8) is 0 Å². The van der Waals surface area contributed by atoms with Crippen LogP contribution < -0.4 is 0 Å². The maximum Gasteiger partial charge on any atom is 0.229 e. The SMILES string of the molecule is C=C(C)CCCCCN1C(=C)CC(C)C1=O. The number of unbranched alkanes of at least 4 members (excludes halogenated alkanes) is 2. The monoisotopic (exact) mass is 221 g/mol.